The lowest BCUT2D eigenvalue weighted by molar-refractivity contribution is -0.119. The van der Waals surface area contributed by atoms with E-state index in [1.807, 2.05) is 18.2 Å². The molecule has 5 nitrogen and oxygen atoms in total. The number of anilines is 1. The van der Waals surface area contributed by atoms with Crippen molar-refractivity contribution < 1.29 is 9.59 Å². The van der Waals surface area contributed by atoms with Crippen molar-refractivity contribution in [2.45, 2.75) is 25.3 Å². The molecule has 100 valence electrons. The second-order valence-electron chi connectivity index (χ2n) is 5.06. The van der Waals surface area contributed by atoms with Gasteiger partial charge >= 0.3 is 0 Å². The molecule has 0 radical (unpaired) electrons. The van der Waals surface area contributed by atoms with E-state index in [0.717, 1.165) is 25.1 Å². The summed E-state index contributed by atoms with van der Waals surface area (Å²) in [5, 5.41) is 8.99. The van der Waals surface area contributed by atoms with Crippen molar-refractivity contribution in [1.29, 1.82) is 0 Å². The van der Waals surface area contributed by atoms with Crippen molar-refractivity contribution >= 4 is 17.5 Å². The molecule has 1 atom stereocenters. The number of carbonyl (C=O) groups is 2. The quantitative estimate of drug-likeness (QED) is 0.747. The van der Waals surface area contributed by atoms with Gasteiger partial charge in [0.15, 0.2) is 0 Å². The lowest BCUT2D eigenvalue weighted by Crippen LogP contribution is -2.38. The lowest BCUT2D eigenvalue weighted by atomic mass is 10.1. The van der Waals surface area contributed by atoms with Gasteiger partial charge in [0.05, 0.1) is 0 Å². The van der Waals surface area contributed by atoms with Crippen molar-refractivity contribution in [3.63, 3.8) is 0 Å². The van der Waals surface area contributed by atoms with Crippen molar-refractivity contribution in [2.24, 2.45) is 0 Å². The van der Waals surface area contributed by atoms with Crippen LogP contribution in [0.5, 0.6) is 0 Å². The summed E-state index contributed by atoms with van der Waals surface area (Å²) in [5.41, 5.74) is 3.01. The molecule has 19 heavy (non-hydrogen) atoms. The van der Waals surface area contributed by atoms with Gasteiger partial charge in [-0.25, -0.2) is 0 Å². The molecule has 2 amide bonds. The molecule has 0 aromatic heterocycles. The Morgan fingerprint density at radius 2 is 2.26 bits per heavy atom. The molecule has 1 unspecified atom stereocenters. The number of fused-ring (bicyclic) bond motifs is 1. The molecule has 3 N–H and O–H groups in total. The standard InChI is InChI=1S/C14H17N3O2/c18-13-4-2-11(17-13)8-16-14(19)10-1-3-12-9(7-10)5-6-15-12/h1,3,7,11,15H,2,4-6,8H2,(H,16,19)(H,17,18). The average Bonchev–Trinajstić information content (AvgIpc) is 3.03. The molecule has 2 aliphatic rings. The molecule has 1 aromatic rings. The van der Waals surface area contributed by atoms with Gasteiger partial charge in [-0.05, 0) is 36.6 Å². The summed E-state index contributed by atoms with van der Waals surface area (Å²) in [6.45, 7) is 1.44. The van der Waals surface area contributed by atoms with Crippen LogP contribution in [0.2, 0.25) is 0 Å². The van der Waals surface area contributed by atoms with Crippen LogP contribution >= 0.6 is 0 Å². The first-order valence-electron chi connectivity index (χ1n) is 6.67. The van der Waals surface area contributed by atoms with Crippen LogP contribution in [0.1, 0.15) is 28.8 Å². The van der Waals surface area contributed by atoms with Crippen LogP contribution in [-0.4, -0.2) is 30.9 Å². The molecule has 0 spiro atoms. The Labute approximate surface area is 111 Å². The van der Waals surface area contributed by atoms with Crippen molar-refractivity contribution in [3.05, 3.63) is 29.3 Å². The van der Waals surface area contributed by atoms with Crippen molar-refractivity contribution in [1.82, 2.24) is 10.6 Å². The van der Waals surface area contributed by atoms with E-state index in [0.29, 0.717) is 18.5 Å². The topological polar surface area (TPSA) is 70.2 Å². The number of hydrogen-bond donors (Lipinski definition) is 3. The monoisotopic (exact) mass is 259 g/mol. The maximum atomic E-state index is 12.0. The number of carbonyl (C=O) groups excluding carboxylic acids is 2. The Bertz CT molecular complexity index is 527. The SMILES string of the molecule is O=C1CCC(CNC(=O)c2ccc3c(c2)CCN3)N1. The highest BCUT2D eigenvalue weighted by Crippen LogP contribution is 2.22. The number of nitrogens with one attached hydrogen (secondary N) is 3. The average molecular weight is 259 g/mol. The Balaban J connectivity index is 1.59. The summed E-state index contributed by atoms with van der Waals surface area (Å²) in [4.78, 5) is 23.1. The van der Waals surface area contributed by atoms with Crippen molar-refractivity contribution in [3.8, 4) is 0 Å². The fraction of sp³-hybridized carbons (Fsp3) is 0.429. The minimum absolute atomic E-state index is 0.0721. The second kappa shape index (κ2) is 4.91. The van der Waals surface area contributed by atoms with Gasteiger partial charge in [-0.3, -0.25) is 9.59 Å². The number of hydrogen-bond acceptors (Lipinski definition) is 3. The third kappa shape index (κ3) is 2.54. The van der Waals surface area contributed by atoms with Crippen LogP contribution in [-0.2, 0) is 11.2 Å². The molecule has 0 bridgehead atoms. The maximum absolute atomic E-state index is 12.0. The fourth-order valence-electron chi connectivity index (χ4n) is 2.59. The zero-order valence-electron chi connectivity index (χ0n) is 10.7. The highest BCUT2D eigenvalue weighted by atomic mass is 16.2. The summed E-state index contributed by atoms with van der Waals surface area (Å²) < 4.78 is 0. The maximum Gasteiger partial charge on any atom is 0.251 e. The smallest absolute Gasteiger partial charge is 0.251 e. The molecule has 0 saturated carbocycles. The predicted octanol–water partition coefficient (Wildman–Crippen LogP) is 0.663. The van der Waals surface area contributed by atoms with E-state index < -0.39 is 0 Å². The zero-order chi connectivity index (χ0) is 13.2. The first kappa shape index (κ1) is 12.0. The molecule has 1 aromatic carbocycles. The van der Waals surface area contributed by atoms with Crippen LogP contribution in [0, 0.1) is 0 Å². The second-order valence-corrected chi connectivity index (χ2v) is 5.06. The number of amides is 2. The largest absolute Gasteiger partial charge is 0.384 e. The summed E-state index contributed by atoms with van der Waals surface area (Å²) in [5.74, 6) is -0.00120. The Kier molecular flexibility index (Phi) is 3.11. The van der Waals surface area contributed by atoms with Gasteiger partial charge in [0.1, 0.15) is 0 Å². The van der Waals surface area contributed by atoms with E-state index in [4.69, 9.17) is 0 Å². The first-order chi connectivity index (χ1) is 9.22. The van der Waals surface area contributed by atoms with Crippen LogP contribution in [0.15, 0.2) is 18.2 Å². The van der Waals surface area contributed by atoms with Gasteiger partial charge < -0.3 is 16.0 Å². The summed E-state index contributed by atoms with van der Waals surface area (Å²) in [6, 6.07) is 5.80. The van der Waals surface area contributed by atoms with Crippen LogP contribution in [0.3, 0.4) is 0 Å². The predicted molar refractivity (Wildman–Crippen MR) is 72.1 cm³/mol. The lowest BCUT2D eigenvalue weighted by Gasteiger charge is -2.11. The molecular weight excluding hydrogens is 242 g/mol. The Morgan fingerprint density at radius 1 is 1.37 bits per heavy atom. The highest BCUT2D eigenvalue weighted by Gasteiger charge is 2.21. The normalized spacial score (nSPS) is 20.6. The van der Waals surface area contributed by atoms with Crippen LogP contribution < -0.4 is 16.0 Å². The van der Waals surface area contributed by atoms with Gasteiger partial charge in [0.25, 0.3) is 5.91 Å². The van der Waals surface area contributed by atoms with E-state index in [-0.39, 0.29) is 17.9 Å². The molecule has 1 fully saturated rings. The zero-order valence-corrected chi connectivity index (χ0v) is 10.7. The minimum atomic E-state index is -0.0733. The van der Waals surface area contributed by atoms with Gasteiger partial charge in [-0.15, -0.1) is 0 Å². The van der Waals surface area contributed by atoms with E-state index >= 15 is 0 Å². The van der Waals surface area contributed by atoms with E-state index in [9.17, 15) is 9.59 Å². The Hall–Kier alpha value is -2.04. The number of benzene rings is 1. The van der Waals surface area contributed by atoms with E-state index in [1.54, 1.807) is 0 Å². The molecule has 0 aliphatic carbocycles. The fourth-order valence-corrected chi connectivity index (χ4v) is 2.59. The first-order valence-corrected chi connectivity index (χ1v) is 6.67. The van der Waals surface area contributed by atoms with Crippen molar-refractivity contribution in [2.75, 3.05) is 18.4 Å². The molecule has 1 saturated heterocycles. The van der Waals surface area contributed by atoms with Gasteiger partial charge in [-0.1, -0.05) is 0 Å². The van der Waals surface area contributed by atoms with Gasteiger partial charge in [0.2, 0.25) is 5.91 Å². The minimum Gasteiger partial charge on any atom is -0.384 e. The summed E-state index contributed by atoms with van der Waals surface area (Å²) >= 11 is 0. The molecular formula is C14H17N3O2. The molecule has 5 heteroatoms. The Morgan fingerprint density at radius 3 is 3.05 bits per heavy atom. The van der Waals surface area contributed by atoms with Gasteiger partial charge in [-0.2, -0.15) is 0 Å². The molecule has 2 heterocycles. The summed E-state index contributed by atoms with van der Waals surface area (Å²) in [7, 11) is 0. The molecule has 3 rings (SSSR count). The van der Waals surface area contributed by atoms with E-state index in [2.05, 4.69) is 16.0 Å². The third-order valence-corrected chi connectivity index (χ3v) is 3.67. The highest BCUT2D eigenvalue weighted by molar-refractivity contribution is 5.95. The summed E-state index contributed by atoms with van der Waals surface area (Å²) in [6.07, 6.45) is 2.33. The number of rotatable bonds is 3. The van der Waals surface area contributed by atoms with Crippen LogP contribution in [0.4, 0.5) is 5.69 Å². The van der Waals surface area contributed by atoms with Gasteiger partial charge in [0, 0.05) is 36.8 Å². The third-order valence-electron chi connectivity index (χ3n) is 3.67. The van der Waals surface area contributed by atoms with E-state index in [1.165, 1.54) is 5.56 Å². The molecule has 2 aliphatic heterocycles. The van der Waals surface area contributed by atoms with Crippen LogP contribution in [0.25, 0.3) is 0 Å².